The lowest BCUT2D eigenvalue weighted by Crippen LogP contribution is -2.09. The summed E-state index contributed by atoms with van der Waals surface area (Å²) in [6, 6.07) is 10.6. The Balaban J connectivity index is 2.28. The van der Waals surface area contributed by atoms with Crippen molar-refractivity contribution in [1.29, 1.82) is 0 Å². The Hall–Kier alpha value is -2.75. The maximum atomic E-state index is 11.9. The summed E-state index contributed by atoms with van der Waals surface area (Å²) in [5.74, 6) is -0.802. The summed E-state index contributed by atoms with van der Waals surface area (Å²) in [6.07, 6.45) is 1.57. The van der Waals surface area contributed by atoms with Gasteiger partial charge in [-0.2, -0.15) is 0 Å². The van der Waals surface area contributed by atoms with Crippen LogP contribution in [0.5, 0.6) is 17.2 Å². The van der Waals surface area contributed by atoms with Gasteiger partial charge in [0.2, 0.25) is 0 Å². The van der Waals surface area contributed by atoms with Crippen molar-refractivity contribution in [1.82, 2.24) is 0 Å². The van der Waals surface area contributed by atoms with E-state index in [1.807, 2.05) is 0 Å². The van der Waals surface area contributed by atoms with E-state index in [4.69, 9.17) is 9.84 Å². The van der Waals surface area contributed by atoms with Gasteiger partial charge in [-0.15, -0.1) is 0 Å². The number of phenolic OH excluding ortho intramolecular Hbond substituents is 2. The number of phenols is 2. The molecule has 4 nitrogen and oxygen atoms in total. The second kappa shape index (κ2) is 5.27. The van der Waals surface area contributed by atoms with Crippen LogP contribution in [0.25, 0.3) is 6.08 Å². The molecule has 0 spiro atoms. The maximum Gasteiger partial charge on any atom is 0.347 e. The molecule has 0 unspecified atom stereocenters. The number of para-hydroxylation sites is 1. The molecular weight excluding hydrogens is 244 g/mol. The van der Waals surface area contributed by atoms with Crippen molar-refractivity contribution in [2.45, 2.75) is 0 Å². The van der Waals surface area contributed by atoms with Gasteiger partial charge in [0.05, 0.1) is 0 Å². The molecular formula is C15H12O4. The molecule has 0 saturated carbocycles. The maximum absolute atomic E-state index is 11.9. The van der Waals surface area contributed by atoms with Crippen LogP contribution >= 0.6 is 0 Å². The second-order valence-electron chi connectivity index (χ2n) is 3.83. The molecule has 0 radical (unpaired) electrons. The molecule has 0 aromatic heterocycles. The first kappa shape index (κ1) is 12.7. The van der Waals surface area contributed by atoms with Gasteiger partial charge < -0.3 is 14.9 Å². The lowest BCUT2D eigenvalue weighted by Gasteiger charge is -2.08. The quantitative estimate of drug-likeness (QED) is 0.654. The van der Waals surface area contributed by atoms with Crippen molar-refractivity contribution in [2.75, 3.05) is 0 Å². The first-order chi connectivity index (χ1) is 9.11. The summed E-state index contributed by atoms with van der Waals surface area (Å²) in [6.45, 7) is 3.63. The summed E-state index contributed by atoms with van der Waals surface area (Å²) >= 11 is 0. The number of aromatic hydroxyl groups is 2. The van der Waals surface area contributed by atoms with Crippen LogP contribution in [0.4, 0.5) is 0 Å². The van der Waals surface area contributed by atoms with Crippen molar-refractivity contribution in [2.24, 2.45) is 0 Å². The highest BCUT2D eigenvalue weighted by atomic mass is 16.5. The van der Waals surface area contributed by atoms with E-state index in [0.717, 1.165) is 6.07 Å². The molecule has 2 aromatic carbocycles. The van der Waals surface area contributed by atoms with Crippen LogP contribution in [-0.4, -0.2) is 16.2 Å². The predicted octanol–water partition coefficient (Wildman–Crippen LogP) is 2.96. The lowest BCUT2D eigenvalue weighted by atomic mass is 10.2. The van der Waals surface area contributed by atoms with Crippen LogP contribution in [0, 0.1) is 0 Å². The number of hydrogen-bond donors (Lipinski definition) is 2. The van der Waals surface area contributed by atoms with Crippen molar-refractivity contribution in [3.05, 3.63) is 60.2 Å². The van der Waals surface area contributed by atoms with E-state index < -0.39 is 5.97 Å². The molecule has 0 aliphatic heterocycles. The highest BCUT2D eigenvalue weighted by molar-refractivity contribution is 5.94. The number of ether oxygens (including phenoxy) is 1. The van der Waals surface area contributed by atoms with E-state index in [1.165, 1.54) is 12.1 Å². The average molecular weight is 256 g/mol. The number of esters is 1. The molecule has 0 fully saturated rings. The number of rotatable bonds is 3. The summed E-state index contributed by atoms with van der Waals surface area (Å²) in [5.41, 5.74) is 0.658. The lowest BCUT2D eigenvalue weighted by molar-refractivity contribution is 0.0731. The molecule has 0 amide bonds. The van der Waals surface area contributed by atoms with E-state index >= 15 is 0 Å². The van der Waals surface area contributed by atoms with Gasteiger partial charge >= 0.3 is 5.97 Å². The Morgan fingerprint density at radius 3 is 2.58 bits per heavy atom. The third kappa shape index (κ3) is 2.74. The average Bonchev–Trinajstić information content (AvgIpc) is 2.39. The van der Waals surface area contributed by atoms with Gasteiger partial charge in [0.1, 0.15) is 22.8 Å². The van der Waals surface area contributed by atoms with Crippen molar-refractivity contribution in [3.8, 4) is 17.2 Å². The monoisotopic (exact) mass is 256 g/mol. The highest BCUT2D eigenvalue weighted by Crippen LogP contribution is 2.25. The molecule has 0 atom stereocenters. The molecule has 0 aliphatic rings. The van der Waals surface area contributed by atoms with E-state index in [2.05, 4.69) is 6.58 Å². The molecule has 96 valence electrons. The molecule has 0 heterocycles. The SMILES string of the molecule is C=Cc1ccccc1OC(=O)c1ccc(O)cc1O. The fourth-order valence-electron chi connectivity index (χ4n) is 1.59. The summed E-state index contributed by atoms with van der Waals surface area (Å²) in [5, 5.41) is 18.8. The number of carbonyl (C=O) groups is 1. The second-order valence-corrected chi connectivity index (χ2v) is 3.83. The minimum absolute atomic E-state index is 0.0170. The van der Waals surface area contributed by atoms with E-state index in [0.29, 0.717) is 11.3 Å². The smallest absolute Gasteiger partial charge is 0.347 e. The molecule has 4 heteroatoms. The fourth-order valence-corrected chi connectivity index (χ4v) is 1.59. The Kier molecular flexibility index (Phi) is 3.52. The Labute approximate surface area is 110 Å². The molecule has 2 N–H and O–H groups in total. The van der Waals surface area contributed by atoms with Crippen molar-refractivity contribution in [3.63, 3.8) is 0 Å². The normalized spacial score (nSPS) is 9.89. The molecule has 0 aliphatic carbocycles. The number of carbonyl (C=O) groups excluding carboxylic acids is 1. The van der Waals surface area contributed by atoms with Crippen LogP contribution in [0.2, 0.25) is 0 Å². The first-order valence-corrected chi connectivity index (χ1v) is 5.57. The minimum Gasteiger partial charge on any atom is -0.508 e. The van der Waals surface area contributed by atoms with Crippen LogP contribution in [0.1, 0.15) is 15.9 Å². The number of benzene rings is 2. The molecule has 19 heavy (non-hydrogen) atoms. The van der Waals surface area contributed by atoms with Crippen LogP contribution < -0.4 is 4.74 Å². The summed E-state index contributed by atoms with van der Waals surface area (Å²) < 4.78 is 5.19. The zero-order valence-electron chi connectivity index (χ0n) is 10.0. The third-order valence-electron chi connectivity index (χ3n) is 2.54. The van der Waals surface area contributed by atoms with E-state index in [9.17, 15) is 9.90 Å². The van der Waals surface area contributed by atoms with Gasteiger partial charge in [0.25, 0.3) is 0 Å². The van der Waals surface area contributed by atoms with Gasteiger partial charge in [-0.3, -0.25) is 0 Å². The molecule has 2 aromatic rings. The number of hydrogen-bond acceptors (Lipinski definition) is 4. The zero-order valence-corrected chi connectivity index (χ0v) is 10.0. The van der Waals surface area contributed by atoms with Gasteiger partial charge in [-0.1, -0.05) is 30.9 Å². The standard InChI is InChI=1S/C15H12O4/c1-2-10-5-3-4-6-14(10)19-15(18)12-8-7-11(16)9-13(12)17/h2-9,16-17H,1H2. The van der Waals surface area contributed by atoms with Gasteiger partial charge in [-0.05, 0) is 18.2 Å². The van der Waals surface area contributed by atoms with Gasteiger partial charge in [0, 0.05) is 11.6 Å². The highest BCUT2D eigenvalue weighted by Gasteiger charge is 2.15. The molecule has 0 saturated heterocycles. The van der Waals surface area contributed by atoms with Crippen LogP contribution in [0.3, 0.4) is 0 Å². The van der Waals surface area contributed by atoms with E-state index in [-0.39, 0.29) is 17.1 Å². The van der Waals surface area contributed by atoms with Gasteiger partial charge in [-0.25, -0.2) is 4.79 Å². The third-order valence-corrected chi connectivity index (χ3v) is 2.54. The largest absolute Gasteiger partial charge is 0.508 e. The Morgan fingerprint density at radius 1 is 1.16 bits per heavy atom. The van der Waals surface area contributed by atoms with Crippen LogP contribution in [0.15, 0.2) is 49.0 Å². The molecule has 0 bridgehead atoms. The van der Waals surface area contributed by atoms with E-state index in [1.54, 1.807) is 30.3 Å². The van der Waals surface area contributed by atoms with Crippen molar-refractivity contribution >= 4 is 12.0 Å². The topological polar surface area (TPSA) is 66.8 Å². The van der Waals surface area contributed by atoms with Gasteiger partial charge in [0.15, 0.2) is 0 Å². The predicted molar refractivity (Wildman–Crippen MR) is 71.3 cm³/mol. The Bertz CT molecular complexity index is 632. The zero-order chi connectivity index (χ0) is 13.8. The van der Waals surface area contributed by atoms with Crippen LogP contribution in [-0.2, 0) is 0 Å². The summed E-state index contributed by atoms with van der Waals surface area (Å²) in [4.78, 5) is 11.9. The first-order valence-electron chi connectivity index (χ1n) is 5.57. The summed E-state index contributed by atoms with van der Waals surface area (Å²) in [7, 11) is 0. The van der Waals surface area contributed by atoms with Crippen molar-refractivity contribution < 1.29 is 19.7 Å². The minimum atomic E-state index is -0.702. The Morgan fingerprint density at radius 2 is 1.89 bits per heavy atom. The fraction of sp³-hybridized carbons (Fsp3) is 0. The molecule has 2 rings (SSSR count).